The maximum Gasteiger partial charge on any atom is 0.326 e. The molecule has 0 saturated carbocycles. The number of H-pyrrole nitrogens is 2. The fourth-order valence-corrected chi connectivity index (χ4v) is 4.35. The fraction of sp³-hybridized carbons (Fsp3) is 0.407. The molecule has 5 unspecified atom stereocenters. The van der Waals surface area contributed by atoms with Gasteiger partial charge in [0.25, 0.3) is 0 Å². The number of carboxylic acids is 1. The number of hydrogen-bond acceptors (Lipinski definition) is 7. The van der Waals surface area contributed by atoms with E-state index in [0.717, 1.165) is 16.5 Å². The van der Waals surface area contributed by atoms with Gasteiger partial charge in [-0.05, 0) is 24.0 Å². The third-order valence-electron chi connectivity index (χ3n) is 6.88. The van der Waals surface area contributed by atoms with Gasteiger partial charge >= 0.3 is 5.97 Å². The quantitative estimate of drug-likeness (QED) is 0.118. The summed E-state index contributed by atoms with van der Waals surface area (Å²) in [7, 11) is 0. The average Bonchev–Trinajstić information content (AvgIpc) is 3.60. The standard InChI is InChI=1S/C27H36N8O6/c1-3-14(2)23(26(39)34-21(27(40)41)9-16-12-30-13-32-16)35-25(38)20(10-22(29)36)33-24(37)18(28)8-15-11-31-19-7-5-4-6-17(15)19/h4-7,11-14,18,20-21,23,31H,3,8-10,28H2,1-2H3,(H2,29,36)(H,30,32)(H,33,37)(H,34,39)(H,35,38)(H,40,41). The normalized spacial score (nSPS) is 14.8. The van der Waals surface area contributed by atoms with Crippen molar-refractivity contribution < 1.29 is 29.1 Å². The Balaban J connectivity index is 1.70. The summed E-state index contributed by atoms with van der Waals surface area (Å²) in [6, 6.07) is 2.59. The smallest absolute Gasteiger partial charge is 0.326 e. The Morgan fingerprint density at radius 1 is 0.976 bits per heavy atom. The number of amides is 4. The topological polar surface area (TPSA) is 238 Å². The Morgan fingerprint density at radius 3 is 2.32 bits per heavy atom. The Hall–Kier alpha value is -4.72. The number of aromatic nitrogens is 3. The molecule has 3 rings (SSSR count). The van der Waals surface area contributed by atoms with Crippen molar-refractivity contribution in [1.29, 1.82) is 0 Å². The Bertz CT molecular complexity index is 1370. The molecule has 0 aliphatic carbocycles. The van der Waals surface area contributed by atoms with Gasteiger partial charge in [0.05, 0.1) is 18.8 Å². The largest absolute Gasteiger partial charge is 0.480 e. The highest BCUT2D eigenvalue weighted by molar-refractivity contribution is 5.96. The van der Waals surface area contributed by atoms with Crippen LogP contribution < -0.4 is 27.4 Å². The number of carboxylic acid groups (broad SMARTS) is 1. The van der Waals surface area contributed by atoms with Crippen LogP contribution in [0.3, 0.4) is 0 Å². The Morgan fingerprint density at radius 2 is 1.68 bits per heavy atom. The number of nitrogens with two attached hydrogens (primary N) is 2. The number of carbonyl (C=O) groups is 5. The molecule has 220 valence electrons. The van der Waals surface area contributed by atoms with Gasteiger partial charge < -0.3 is 42.5 Å². The minimum atomic E-state index is -1.41. The van der Waals surface area contributed by atoms with E-state index < -0.39 is 66.1 Å². The maximum absolute atomic E-state index is 13.3. The van der Waals surface area contributed by atoms with Crippen LogP contribution in [0.15, 0.2) is 43.0 Å². The predicted molar refractivity (Wildman–Crippen MR) is 149 cm³/mol. The number of aromatic amines is 2. The van der Waals surface area contributed by atoms with E-state index in [1.807, 2.05) is 24.3 Å². The molecule has 14 heteroatoms. The van der Waals surface area contributed by atoms with E-state index in [2.05, 4.69) is 30.9 Å². The first-order valence-corrected chi connectivity index (χ1v) is 13.2. The lowest BCUT2D eigenvalue weighted by atomic mass is 9.97. The van der Waals surface area contributed by atoms with E-state index >= 15 is 0 Å². The van der Waals surface area contributed by atoms with Gasteiger partial charge in [0.2, 0.25) is 23.6 Å². The molecular weight excluding hydrogens is 532 g/mol. The second-order valence-electron chi connectivity index (χ2n) is 9.95. The number of nitrogens with one attached hydrogen (secondary N) is 5. The minimum absolute atomic E-state index is 0.0586. The molecule has 2 heterocycles. The summed E-state index contributed by atoms with van der Waals surface area (Å²) in [6.45, 7) is 3.50. The number of rotatable bonds is 15. The molecule has 41 heavy (non-hydrogen) atoms. The lowest BCUT2D eigenvalue weighted by Crippen LogP contribution is -2.59. The zero-order valence-corrected chi connectivity index (χ0v) is 22.8. The minimum Gasteiger partial charge on any atom is -0.480 e. The number of imidazole rings is 1. The van der Waals surface area contributed by atoms with E-state index in [0.29, 0.717) is 12.1 Å². The van der Waals surface area contributed by atoms with Gasteiger partial charge in [-0.1, -0.05) is 38.5 Å². The van der Waals surface area contributed by atoms with E-state index in [1.54, 1.807) is 20.0 Å². The van der Waals surface area contributed by atoms with Crippen LogP contribution in [0.4, 0.5) is 0 Å². The number of hydrogen-bond donors (Lipinski definition) is 8. The highest BCUT2D eigenvalue weighted by atomic mass is 16.4. The van der Waals surface area contributed by atoms with Gasteiger partial charge in [-0.25, -0.2) is 9.78 Å². The van der Waals surface area contributed by atoms with Gasteiger partial charge in [-0.2, -0.15) is 0 Å². The van der Waals surface area contributed by atoms with E-state index in [-0.39, 0.29) is 12.8 Å². The summed E-state index contributed by atoms with van der Waals surface area (Å²) < 4.78 is 0. The molecule has 0 aliphatic heterocycles. The molecule has 0 radical (unpaired) electrons. The number of aliphatic carboxylic acids is 1. The molecule has 0 aliphatic rings. The molecule has 1 aromatic carbocycles. The van der Waals surface area contributed by atoms with E-state index in [9.17, 15) is 29.1 Å². The Labute approximate surface area is 236 Å². The van der Waals surface area contributed by atoms with Crippen molar-refractivity contribution in [1.82, 2.24) is 30.9 Å². The second-order valence-corrected chi connectivity index (χ2v) is 9.95. The summed E-state index contributed by atoms with van der Waals surface area (Å²) in [4.78, 5) is 72.6. The van der Waals surface area contributed by atoms with Gasteiger partial charge in [-0.15, -0.1) is 0 Å². The van der Waals surface area contributed by atoms with Gasteiger partial charge in [0.15, 0.2) is 0 Å². The number of fused-ring (bicyclic) bond motifs is 1. The maximum atomic E-state index is 13.3. The van der Waals surface area contributed by atoms with Gasteiger partial charge in [0, 0.05) is 35.4 Å². The summed E-state index contributed by atoms with van der Waals surface area (Å²) >= 11 is 0. The number of benzene rings is 1. The van der Waals surface area contributed by atoms with Crippen LogP contribution in [0.25, 0.3) is 10.9 Å². The molecule has 10 N–H and O–H groups in total. The molecule has 4 amide bonds. The first-order valence-electron chi connectivity index (χ1n) is 13.2. The molecule has 0 saturated heterocycles. The molecule has 2 aromatic heterocycles. The summed E-state index contributed by atoms with van der Waals surface area (Å²) in [5.74, 6) is -4.81. The van der Waals surface area contributed by atoms with Gasteiger partial charge in [-0.3, -0.25) is 19.2 Å². The van der Waals surface area contributed by atoms with Crippen molar-refractivity contribution in [3.8, 4) is 0 Å². The van der Waals surface area contributed by atoms with Crippen LogP contribution in [0.2, 0.25) is 0 Å². The highest BCUT2D eigenvalue weighted by Crippen LogP contribution is 2.19. The SMILES string of the molecule is CCC(C)C(NC(=O)C(CC(N)=O)NC(=O)C(N)Cc1c[nH]c2ccccc12)C(=O)NC(Cc1cnc[nH]1)C(=O)O. The van der Waals surface area contributed by atoms with Crippen LogP contribution in [0.1, 0.15) is 37.9 Å². The lowest BCUT2D eigenvalue weighted by Gasteiger charge is -2.27. The van der Waals surface area contributed by atoms with E-state index in [4.69, 9.17) is 11.5 Å². The first-order chi connectivity index (χ1) is 19.5. The second kappa shape index (κ2) is 14.1. The number of para-hydroxylation sites is 1. The monoisotopic (exact) mass is 568 g/mol. The Kier molecular flexibility index (Phi) is 10.6. The van der Waals surface area contributed by atoms with Crippen LogP contribution in [0, 0.1) is 5.92 Å². The van der Waals surface area contributed by atoms with Crippen LogP contribution in [0.5, 0.6) is 0 Å². The van der Waals surface area contributed by atoms with Crippen molar-refractivity contribution in [3.63, 3.8) is 0 Å². The number of carbonyl (C=O) groups excluding carboxylic acids is 4. The fourth-order valence-electron chi connectivity index (χ4n) is 4.35. The molecular formula is C27H36N8O6. The van der Waals surface area contributed by atoms with Crippen molar-refractivity contribution in [3.05, 3.63) is 54.2 Å². The highest BCUT2D eigenvalue weighted by Gasteiger charge is 2.33. The lowest BCUT2D eigenvalue weighted by molar-refractivity contribution is -0.142. The molecule has 14 nitrogen and oxygen atoms in total. The van der Waals surface area contributed by atoms with Gasteiger partial charge in [0.1, 0.15) is 18.1 Å². The molecule has 5 atom stereocenters. The van der Waals surface area contributed by atoms with Crippen molar-refractivity contribution in [2.75, 3.05) is 0 Å². The summed E-state index contributed by atoms with van der Waals surface area (Å²) in [5.41, 5.74) is 13.6. The molecule has 3 aromatic rings. The molecule has 0 bridgehead atoms. The van der Waals surface area contributed by atoms with Crippen LogP contribution >= 0.6 is 0 Å². The van der Waals surface area contributed by atoms with E-state index in [1.165, 1.54) is 12.5 Å². The third kappa shape index (κ3) is 8.38. The summed E-state index contributed by atoms with van der Waals surface area (Å²) in [6.07, 6.45) is 4.59. The van der Waals surface area contributed by atoms with Crippen molar-refractivity contribution in [2.24, 2.45) is 17.4 Å². The molecule has 0 fully saturated rings. The van der Waals surface area contributed by atoms with Crippen molar-refractivity contribution >= 4 is 40.5 Å². The average molecular weight is 569 g/mol. The zero-order chi connectivity index (χ0) is 30.1. The number of nitrogens with zero attached hydrogens (tertiary/aromatic N) is 1. The predicted octanol–water partition coefficient (Wildman–Crippen LogP) is -0.536. The molecule has 0 spiro atoms. The first kappa shape index (κ1) is 30.8. The van der Waals surface area contributed by atoms with Crippen LogP contribution in [-0.2, 0) is 36.8 Å². The zero-order valence-electron chi connectivity index (χ0n) is 22.8. The van der Waals surface area contributed by atoms with Crippen molar-refractivity contribution in [2.45, 2.75) is 63.7 Å². The summed E-state index contributed by atoms with van der Waals surface area (Å²) in [5, 5.41) is 18.0. The third-order valence-corrected chi connectivity index (χ3v) is 6.88. The number of primary amides is 1. The van der Waals surface area contributed by atoms with Crippen LogP contribution in [-0.4, -0.2) is 73.8 Å².